The molecule has 1 aromatic heterocycles. The van der Waals surface area contributed by atoms with E-state index in [-0.39, 0.29) is 24.4 Å². The van der Waals surface area contributed by atoms with Crippen LogP contribution in [0.5, 0.6) is 0 Å². The number of aromatic nitrogens is 2. The van der Waals surface area contributed by atoms with E-state index < -0.39 is 31.3 Å². The summed E-state index contributed by atoms with van der Waals surface area (Å²) in [6, 6.07) is 2.40. The van der Waals surface area contributed by atoms with Crippen molar-refractivity contribution in [3.05, 3.63) is 28.2 Å². The normalized spacial score (nSPS) is 11.4. The molecule has 1 rings (SSSR count). The quantitative estimate of drug-likeness (QED) is 0.411. The van der Waals surface area contributed by atoms with Crippen molar-refractivity contribution < 1.29 is 24.9 Å². The maximum absolute atomic E-state index is 12.0. The first kappa shape index (κ1) is 17.2. The van der Waals surface area contributed by atoms with Gasteiger partial charge in [0, 0.05) is 13.2 Å². The molecule has 0 atom stereocenters. The number of aliphatic hydroxyl groups is 3. The molecule has 21 heavy (non-hydrogen) atoms. The summed E-state index contributed by atoms with van der Waals surface area (Å²) >= 11 is 0. The van der Waals surface area contributed by atoms with Crippen LogP contribution in [0.25, 0.3) is 0 Å². The molecule has 0 unspecified atom stereocenters. The third kappa shape index (κ3) is 4.33. The lowest BCUT2D eigenvalue weighted by atomic mass is 10.0. The van der Waals surface area contributed by atoms with E-state index in [1.807, 2.05) is 0 Å². The second kappa shape index (κ2) is 7.84. The number of aliphatic hydroxyl groups excluding tert-OH is 3. The zero-order chi connectivity index (χ0) is 15.9. The molecule has 9 heteroatoms. The third-order valence-corrected chi connectivity index (χ3v) is 2.89. The van der Waals surface area contributed by atoms with Crippen LogP contribution in [0.3, 0.4) is 0 Å². The number of carbonyl (C=O) groups excluding carboxylic acids is 1. The van der Waals surface area contributed by atoms with Gasteiger partial charge in [0.05, 0.1) is 33.0 Å². The molecular weight excluding hydrogens is 282 g/mol. The summed E-state index contributed by atoms with van der Waals surface area (Å²) in [6.45, 7) is -1.49. The van der Waals surface area contributed by atoms with Crippen LogP contribution >= 0.6 is 0 Å². The molecule has 0 aliphatic rings. The number of carbonyl (C=O) groups is 1. The lowest BCUT2D eigenvalue weighted by Crippen LogP contribution is -2.57. The van der Waals surface area contributed by atoms with Crippen molar-refractivity contribution in [2.24, 2.45) is 0 Å². The Balaban J connectivity index is 2.94. The number of nitrogens with one attached hydrogen (secondary N) is 1. The van der Waals surface area contributed by atoms with Gasteiger partial charge in [-0.15, -0.1) is 0 Å². The Bertz CT molecular complexity index is 518. The number of ether oxygens (including phenoxy) is 1. The summed E-state index contributed by atoms with van der Waals surface area (Å²) < 4.78 is 5.90. The smallest absolute Gasteiger partial charge is 0.272 e. The van der Waals surface area contributed by atoms with Gasteiger partial charge in [-0.1, -0.05) is 0 Å². The van der Waals surface area contributed by atoms with Gasteiger partial charge >= 0.3 is 0 Å². The molecule has 1 heterocycles. The summed E-state index contributed by atoms with van der Waals surface area (Å²) in [5.41, 5.74) is -2.02. The van der Waals surface area contributed by atoms with Gasteiger partial charge < -0.3 is 25.4 Å². The average molecular weight is 301 g/mol. The molecule has 1 amide bonds. The van der Waals surface area contributed by atoms with E-state index in [2.05, 4.69) is 10.4 Å². The number of amides is 1. The monoisotopic (exact) mass is 301 g/mol. The van der Waals surface area contributed by atoms with E-state index >= 15 is 0 Å². The second-order valence-corrected chi connectivity index (χ2v) is 4.48. The van der Waals surface area contributed by atoms with Gasteiger partial charge in [0.25, 0.3) is 11.5 Å². The first-order valence-corrected chi connectivity index (χ1v) is 6.24. The lowest BCUT2D eigenvalue weighted by Gasteiger charge is -2.28. The molecule has 4 N–H and O–H groups in total. The molecular formula is C12H19N3O6. The highest BCUT2D eigenvalue weighted by Crippen LogP contribution is 2.03. The Hall–Kier alpha value is -1.81. The summed E-state index contributed by atoms with van der Waals surface area (Å²) in [5, 5.41) is 33.6. The van der Waals surface area contributed by atoms with Crippen molar-refractivity contribution in [1.29, 1.82) is 0 Å². The molecule has 0 saturated heterocycles. The minimum atomic E-state index is -1.55. The van der Waals surface area contributed by atoms with E-state index in [4.69, 9.17) is 20.1 Å². The van der Waals surface area contributed by atoms with Crippen LogP contribution in [0.4, 0.5) is 0 Å². The Kier molecular flexibility index (Phi) is 6.43. The fraction of sp³-hybridized carbons (Fsp3) is 0.583. The van der Waals surface area contributed by atoms with Crippen molar-refractivity contribution in [1.82, 2.24) is 15.1 Å². The van der Waals surface area contributed by atoms with Gasteiger partial charge in [-0.2, -0.15) is 5.10 Å². The van der Waals surface area contributed by atoms with Crippen molar-refractivity contribution >= 4 is 5.91 Å². The van der Waals surface area contributed by atoms with Crippen molar-refractivity contribution in [3.8, 4) is 0 Å². The van der Waals surface area contributed by atoms with Gasteiger partial charge in [0.2, 0.25) is 0 Å². The molecule has 118 valence electrons. The van der Waals surface area contributed by atoms with Gasteiger partial charge in [-0.05, 0) is 6.07 Å². The van der Waals surface area contributed by atoms with Crippen molar-refractivity contribution in [3.63, 3.8) is 0 Å². The number of hydrogen-bond acceptors (Lipinski definition) is 7. The van der Waals surface area contributed by atoms with Crippen molar-refractivity contribution in [2.45, 2.75) is 12.1 Å². The van der Waals surface area contributed by atoms with Crippen LogP contribution in [0.15, 0.2) is 16.9 Å². The van der Waals surface area contributed by atoms with Gasteiger partial charge in [0.15, 0.2) is 0 Å². The van der Waals surface area contributed by atoms with E-state index in [1.54, 1.807) is 0 Å². The fourth-order valence-corrected chi connectivity index (χ4v) is 1.48. The number of methoxy groups -OCH3 is 1. The lowest BCUT2D eigenvalue weighted by molar-refractivity contribution is 0.0372. The summed E-state index contributed by atoms with van der Waals surface area (Å²) in [6.07, 6.45) is 0. The molecule has 0 aromatic carbocycles. The van der Waals surface area contributed by atoms with Crippen LogP contribution in [-0.4, -0.2) is 70.1 Å². The molecule has 0 aliphatic carbocycles. The van der Waals surface area contributed by atoms with E-state index in [0.717, 1.165) is 4.68 Å². The Morgan fingerprint density at radius 1 is 1.33 bits per heavy atom. The Morgan fingerprint density at radius 2 is 1.95 bits per heavy atom. The summed E-state index contributed by atoms with van der Waals surface area (Å²) in [7, 11) is 1.47. The van der Waals surface area contributed by atoms with E-state index in [9.17, 15) is 9.59 Å². The van der Waals surface area contributed by atoms with Crippen molar-refractivity contribution in [2.75, 3.05) is 33.5 Å². The van der Waals surface area contributed by atoms with E-state index in [0.29, 0.717) is 0 Å². The van der Waals surface area contributed by atoms with Crippen LogP contribution in [-0.2, 0) is 11.3 Å². The number of nitrogens with zero attached hydrogens (tertiary/aromatic N) is 2. The first-order valence-electron chi connectivity index (χ1n) is 6.24. The zero-order valence-corrected chi connectivity index (χ0v) is 11.7. The minimum absolute atomic E-state index is 0.0783. The highest BCUT2D eigenvalue weighted by molar-refractivity contribution is 5.92. The number of rotatable bonds is 8. The molecule has 9 nitrogen and oxygen atoms in total. The highest BCUT2D eigenvalue weighted by atomic mass is 16.5. The topological polar surface area (TPSA) is 134 Å². The maximum Gasteiger partial charge on any atom is 0.272 e. The fourth-order valence-electron chi connectivity index (χ4n) is 1.48. The zero-order valence-electron chi connectivity index (χ0n) is 11.7. The maximum atomic E-state index is 12.0. The molecule has 0 bridgehead atoms. The largest absolute Gasteiger partial charge is 0.394 e. The second-order valence-electron chi connectivity index (χ2n) is 4.48. The van der Waals surface area contributed by atoms with Crippen LogP contribution in [0, 0.1) is 0 Å². The molecule has 0 saturated carbocycles. The standard InChI is InChI=1S/C12H19N3O6/c1-21-5-4-15-10(19)3-2-9(14-15)11(20)13-12(6-16,7-17)8-18/h2-3,16-18H,4-8H2,1H3,(H,13,20). The van der Waals surface area contributed by atoms with Crippen LogP contribution < -0.4 is 10.9 Å². The predicted octanol–water partition coefficient (Wildman–Crippen LogP) is -2.66. The van der Waals surface area contributed by atoms with Gasteiger partial charge in [0.1, 0.15) is 11.2 Å². The average Bonchev–Trinajstić information content (AvgIpc) is 2.51. The van der Waals surface area contributed by atoms with Gasteiger partial charge in [-0.25, -0.2) is 4.68 Å². The highest BCUT2D eigenvalue weighted by Gasteiger charge is 2.30. The molecule has 0 fully saturated rings. The van der Waals surface area contributed by atoms with Crippen LogP contribution in [0.1, 0.15) is 10.5 Å². The summed E-state index contributed by atoms with van der Waals surface area (Å²) in [4.78, 5) is 23.6. The van der Waals surface area contributed by atoms with Gasteiger partial charge in [-0.3, -0.25) is 9.59 Å². The third-order valence-electron chi connectivity index (χ3n) is 2.89. The molecule has 0 aliphatic heterocycles. The predicted molar refractivity (Wildman–Crippen MR) is 71.8 cm³/mol. The molecule has 0 radical (unpaired) electrons. The minimum Gasteiger partial charge on any atom is -0.394 e. The van der Waals surface area contributed by atoms with Crippen LogP contribution in [0.2, 0.25) is 0 Å². The summed E-state index contributed by atoms with van der Waals surface area (Å²) in [5.74, 6) is -0.724. The Labute approximate surface area is 120 Å². The van der Waals surface area contributed by atoms with E-state index in [1.165, 1.54) is 19.2 Å². The first-order chi connectivity index (χ1) is 10.0. The molecule has 0 spiro atoms. The number of hydrogen-bond donors (Lipinski definition) is 4. The Morgan fingerprint density at radius 3 is 2.48 bits per heavy atom. The molecule has 1 aromatic rings. The SMILES string of the molecule is COCCn1nc(C(=O)NC(CO)(CO)CO)ccc1=O.